The number of rotatable bonds is 0. The third-order valence-electron chi connectivity index (χ3n) is 0.878. The van der Waals surface area contributed by atoms with Crippen LogP contribution in [0.4, 0.5) is 0 Å². The lowest BCUT2D eigenvalue weighted by molar-refractivity contribution is 1.08. The van der Waals surface area contributed by atoms with Gasteiger partial charge in [-0.2, -0.15) is 0 Å². The Hall–Kier alpha value is -0.440. The van der Waals surface area contributed by atoms with Crippen molar-refractivity contribution >= 4 is 11.5 Å². The molecule has 9 heavy (non-hydrogen) atoms. The third kappa shape index (κ3) is 2.56. The maximum absolute atomic E-state index is 3.78. The van der Waals surface area contributed by atoms with Crippen molar-refractivity contribution in [1.29, 1.82) is 0 Å². The summed E-state index contributed by atoms with van der Waals surface area (Å²) in [6, 6.07) is 0. The van der Waals surface area contributed by atoms with E-state index in [0.717, 1.165) is 5.69 Å². The average molecular weight is 144 g/mol. The predicted octanol–water partition coefficient (Wildman–Crippen LogP) is 2.18. The molecule has 3 heteroatoms. The summed E-state index contributed by atoms with van der Waals surface area (Å²) in [5.41, 5.74) is 1.05. The van der Waals surface area contributed by atoms with Gasteiger partial charge in [0.05, 0.1) is 5.69 Å². The van der Waals surface area contributed by atoms with E-state index < -0.39 is 0 Å². The van der Waals surface area contributed by atoms with E-state index in [9.17, 15) is 0 Å². The largest absolute Gasteiger partial charge is 0.143 e. The van der Waals surface area contributed by atoms with Crippen molar-refractivity contribution in [3.63, 3.8) is 0 Å². The molecule has 0 saturated heterocycles. The van der Waals surface area contributed by atoms with E-state index in [4.69, 9.17) is 0 Å². The molecule has 1 aromatic rings. The molecule has 0 aliphatic carbocycles. The van der Waals surface area contributed by atoms with E-state index in [1.165, 1.54) is 16.4 Å². The van der Waals surface area contributed by atoms with Gasteiger partial charge in [0.15, 0.2) is 0 Å². The third-order valence-corrected chi connectivity index (χ3v) is 1.61. The number of hydrogen-bond acceptors (Lipinski definition) is 3. The average Bonchev–Trinajstić information content (AvgIpc) is 2.23. The zero-order valence-electron chi connectivity index (χ0n) is 6.30. The minimum Gasteiger partial charge on any atom is -0.143 e. The Labute approximate surface area is 60.1 Å². The normalized spacial score (nSPS) is 8.00. The van der Waals surface area contributed by atoms with Crippen molar-refractivity contribution < 1.29 is 0 Å². The Bertz CT molecular complexity index is 143. The second kappa shape index (κ2) is 4.44. The van der Waals surface area contributed by atoms with Gasteiger partial charge in [-0.05, 0) is 25.4 Å². The quantitative estimate of drug-likeness (QED) is 0.557. The van der Waals surface area contributed by atoms with Gasteiger partial charge < -0.3 is 0 Å². The summed E-state index contributed by atoms with van der Waals surface area (Å²) in [6.45, 7) is 7.97. The molecule has 0 saturated carbocycles. The fourth-order valence-corrected chi connectivity index (χ4v) is 0.738. The van der Waals surface area contributed by atoms with Crippen molar-refractivity contribution in [3.8, 4) is 0 Å². The van der Waals surface area contributed by atoms with E-state index in [1.54, 1.807) is 0 Å². The van der Waals surface area contributed by atoms with E-state index in [-0.39, 0.29) is 0 Å². The smallest absolute Gasteiger partial charge is 0.0753 e. The van der Waals surface area contributed by atoms with Crippen LogP contribution >= 0.6 is 11.5 Å². The van der Waals surface area contributed by atoms with Crippen LogP contribution in [0.1, 0.15) is 24.4 Å². The van der Waals surface area contributed by atoms with Crippen LogP contribution in [0.2, 0.25) is 0 Å². The molecule has 1 heterocycles. The molecule has 2 nitrogen and oxygen atoms in total. The van der Waals surface area contributed by atoms with Gasteiger partial charge in [0, 0.05) is 4.88 Å². The Kier molecular flexibility index (Phi) is 4.22. The SMILES string of the molecule is CC.Cc1nnsc1C. The lowest BCUT2D eigenvalue weighted by atomic mass is 10.4. The number of hydrogen-bond donors (Lipinski definition) is 0. The van der Waals surface area contributed by atoms with Crippen molar-refractivity contribution in [1.82, 2.24) is 9.59 Å². The van der Waals surface area contributed by atoms with Crippen LogP contribution in [-0.2, 0) is 0 Å². The first kappa shape index (κ1) is 8.56. The van der Waals surface area contributed by atoms with Crippen LogP contribution < -0.4 is 0 Å². The van der Waals surface area contributed by atoms with Crippen LogP contribution in [-0.4, -0.2) is 9.59 Å². The maximum Gasteiger partial charge on any atom is 0.0753 e. The summed E-state index contributed by atoms with van der Waals surface area (Å²) in [6.07, 6.45) is 0. The highest BCUT2D eigenvalue weighted by Gasteiger charge is 1.91. The second-order valence-electron chi connectivity index (χ2n) is 1.41. The van der Waals surface area contributed by atoms with E-state index in [0.29, 0.717) is 0 Å². The Morgan fingerprint density at radius 2 is 1.78 bits per heavy atom. The second-order valence-corrected chi connectivity index (χ2v) is 2.37. The maximum atomic E-state index is 3.78. The molecule has 0 N–H and O–H groups in total. The summed E-state index contributed by atoms with van der Waals surface area (Å²) in [5, 5.41) is 3.78. The molecular weight excluding hydrogens is 132 g/mol. The van der Waals surface area contributed by atoms with Gasteiger partial charge in [0.2, 0.25) is 0 Å². The minimum absolute atomic E-state index is 1.05. The van der Waals surface area contributed by atoms with Crippen molar-refractivity contribution in [3.05, 3.63) is 10.6 Å². The standard InChI is InChI=1S/C4H6N2S.C2H6/c1-3-4(2)7-6-5-3;1-2/h1-2H3;1-2H3. The lowest BCUT2D eigenvalue weighted by Crippen LogP contribution is -1.70. The monoisotopic (exact) mass is 144 g/mol. The van der Waals surface area contributed by atoms with Gasteiger partial charge in [0.1, 0.15) is 0 Å². The first-order chi connectivity index (χ1) is 4.30. The lowest BCUT2D eigenvalue weighted by Gasteiger charge is -1.74. The van der Waals surface area contributed by atoms with Gasteiger partial charge >= 0.3 is 0 Å². The minimum atomic E-state index is 1.05. The topological polar surface area (TPSA) is 25.8 Å². The molecule has 1 aromatic heterocycles. The number of aryl methyl sites for hydroxylation is 2. The number of nitrogens with zero attached hydrogens (tertiary/aromatic N) is 2. The van der Waals surface area contributed by atoms with Gasteiger partial charge in [0.25, 0.3) is 0 Å². The van der Waals surface area contributed by atoms with Gasteiger partial charge in [-0.3, -0.25) is 0 Å². The van der Waals surface area contributed by atoms with E-state index >= 15 is 0 Å². The van der Waals surface area contributed by atoms with E-state index in [2.05, 4.69) is 9.59 Å². The fraction of sp³-hybridized carbons (Fsp3) is 0.667. The molecular formula is C6H12N2S. The summed E-state index contributed by atoms with van der Waals surface area (Å²) in [5.74, 6) is 0. The van der Waals surface area contributed by atoms with Crippen LogP contribution in [0.5, 0.6) is 0 Å². The highest BCUT2D eigenvalue weighted by molar-refractivity contribution is 7.05. The molecule has 52 valence electrons. The molecule has 0 atom stereocenters. The molecule has 0 bridgehead atoms. The van der Waals surface area contributed by atoms with Crippen molar-refractivity contribution in [2.24, 2.45) is 0 Å². The molecule has 0 spiro atoms. The van der Waals surface area contributed by atoms with Gasteiger partial charge in [-0.15, -0.1) is 5.10 Å². The van der Waals surface area contributed by atoms with Crippen molar-refractivity contribution in [2.75, 3.05) is 0 Å². The van der Waals surface area contributed by atoms with Gasteiger partial charge in [-0.1, -0.05) is 18.3 Å². The first-order valence-electron chi connectivity index (χ1n) is 3.06. The van der Waals surface area contributed by atoms with Crippen molar-refractivity contribution in [2.45, 2.75) is 27.7 Å². The summed E-state index contributed by atoms with van der Waals surface area (Å²) < 4.78 is 3.71. The molecule has 0 aromatic carbocycles. The summed E-state index contributed by atoms with van der Waals surface area (Å²) in [4.78, 5) is 1.21. The zero-order valence-corrected chi connectivity index (χ0v) is 7.12. The Morgan fingerprint density at radius 3 is 1.89 bits per heavy atom. The van der Waals surface area contributed by atoms with Crippen LogP contribution in [0.15, 0.2) is 0 Å². The summed E-state index contributed by atoms with van der Waals surface area (Å²) in [7, 11) is 0. The van der Waals surface area contributed by atoms with Crippen LogP contribution in [0.25, 0.3) is 0 Å². The fourth-order valence-electron chi connectivity index (χ4n) is 0.279. The molecule has 0 fully saturated rings. The van der Waals surface area contributed by atoms with E-state index in [1.807, 2.05) is 27.7 Å². The number of aromatic nitrogens is 2. The molecule has 0 radical (unpaired) electrons. The Balaban J connectivity index is 0.000000291. The van der Waals surface area contributed by atoms with Crippen LogP contribution in [0.3, 0.4) is 0 Å². The molecule has 0 aliphatic rings. The molecule has 1 rings (SSSR count). The summed E-state index contributed by atoms with van der Waals surface area (Å²) >= 11 is 1.44. The predicted molar refractivity (Wildman–Crippen MR) is 40.7 cm³/mol. The molecule has 0 aliphatic heterocycles. The Morgan fingerprint density at radius 1 is 1.22 bits per heavy atom. The first-order valence-corrected chi connectivity index (χ1v) is 3.83. The van der Waals surface area contributed by atoms with Gasteiger partial charge in [-0.25, -0.2) is 0 Å². The van der Waals surface area contributed by atoms with Crippen LogP contribution in [0, 0.1) is 13.8 Å². The molecule has 0 amide bonds. The highest BCUT2D eigenvalue weighted by atomic mass is 32.1. The highest BCUT2D eigenvalue weighted by Crippen LogP contribution is 2.04. The molecule has 0 unspecified atom stereocenters. The zero-order chi connectivity index (χ0) is 7.28.